The predicted molar refractivity (Wildman–Crippen MR) is 72.5 cm³/mol. The normalized spacial score (nSPS) is 10.4. The van der Waals surface area contributed by atoms with E-state index in [0.717, 1.165) is 0 Å². The summed E-state index contributed by atoms with van der Waals surface area (Å²) >= 11 is 11.7. The molecule has 0 spiro atoms. The van der Waals surface area contributed by atoms with Gasteiger partial charge >= 0.3 is 6.03 Å². The zero-order valence-corrected chi connectivity index (χ0v) is 11.2. The van der Waals surface area contributed by atoms with Crippen LogP contribution in [0.5, 0.6) is 0 Å². The van der Waals surface area contributed by atoms with E-state index in [-0.39, 0.29) is 6.03 Å². The number of imidazole rings is 1. The summed E-state index contributed by atoms with van der Waals surface area (Å²) < 4.78 is 1.46. The molecule has 94 valence electrons. The van der Waals surface area contributed by atoms with Gasteiger partial charge in [-0.1, -0.05) is 30.1 Å². The highest BCUT2D eigenvalue weighted by molar-refractivity contribution is 6.42. The molecule has 0 fully saturated rings. The number of rotatable bonds is 2. The van der Waals surface area contributed by atoms with Crippen molar-refractivity contribution in [2.45, 2.75) is 13.3 Å². The van der Waals surface area contributed by atoms with Gasteiger partial charge in [0.1, 0.15) is 5.82 Å². The summed E-state index contributed by atoms with van der Waals surface area (Å²) in [6.45, 7) is 1.94. The third-order valence-corrected chi connectivity index (χ3v) is 3.16. The van der Waals surface area contributed by atoms with Crippen molar-refractivity contribution in [2.24, 2.45) is 0 Å². The van der Waals surface area contributed by atoms with Crippen LogP contribution in [0.1, 0.15) is 12.7 Å². The van der Waals surface area contributed by atoms with Crippen molar-refractivity contribution in [2.75, 3.05) is 5.32 Å². The number of nitrogens with one attached hydrogen (secondary N) is 1. The molecule has 4 nitrogen and oxygen atoms in total. The van der Waals surface area contributed by atoms with Crippen molar-refractivity contribution in [3.8, 4) is 0 Å². The smallest absolute Gasteiger partial charge is 0.307 e. The second-order valence-electron chi connectivity index (χ2n) is 3.63. The zero-order chi connectivity index (χ0) is 13.1. The van der Waals surface area contributed by atoms with Gasteiger partial charge < -0.3 is 5.32 Å². The minimum atomic E-state index is -0.275. The van der Waals surface area contributed by atoms with Crippen LogP contribution < -0.4 is 5.32 Å². The van der Waals surface area contributed by atoms with Crippen molar-refractivity contribution < 1.29 is 4.79 Å². The number of hydrogen-bond donors (Lipinski definition) is 1. The number of aryl methyl sites for hydroxylation is 1. The van der Waals surface area contributed by atoms with E-state index in [1.165, 1.54) is 4.57 Å². The first-order chi connectivity index (χ1) is 8.61. The zero-order valence-electron chi connectivity index (χ0n) is 9.65. The number of anilines is 1. The molecule has 0 unspecified atom stereocenters. The van der Waals surface area contributed by atoms with Crippen molar-refractivity contribution in [1.82, 2.24) is 9.55 Å². The van der Waals surface area contributed by atoms with Crippen LogP contribution in [0.4, 0.5) is 10.5 Å². The van der Waals surface area contributed by atoms with Gasteiger partial charge in [-0.2, -0.15) is 0 Å². The number of nitrogens with zero attached hydrogens (tertiary/aromatic N) is 2. The van der Waals surface area contributed by atoms with Crippen molar-refractivity contribution in [3.05, 3.63) is 46.5 Å². The molecule has 6 heteroatoms. The first kappa shape index (κ1) is 12.9. The van der Waals surface area contributed by atoms with Gasteiger partial charge in [-0.3, -0.25) is 4.57 Å². The van der Waals surface area contributed by atoms with Gasteiger partial charge in [0, 0.05) is 24.5 Å². The Labute approximate surface area is 115 Å². The first-order valence-electron chi connectivity index (χ1n) is 5.40. The highest BCUT2D eigenvalue weighted by atomic mass is 35.5. The van der Waals surface area contributed by atoms with Gasteiger partial charge in [-0.15, -0.1) is 0 Å². The average Bonchev–Trinajstić information content (AvgIpc) is 2.82. The highest BCUT2D eigenvalue weighted by Crippen LogP contribution is 2.25. The maximum atomic E-state index is 12.0. The second kappa shape index (κ2) is 5.42. The number of benzene rings is 1. The number of carbonyl (C=O) groups is 1. The standard InChI is InChI=1S/C12H11Cl2N3O/c1-2-11-15-5-6-17(11)12(18)16-8-3-4-9(13)10(14)7-8/h3-7H,2H2,1H3,(H,16,18). The lowest BCUT2D eigenvalue weighted by molar-refractivity contribution is 0.253. The quantitative estimate of drug-likeness (QED) is 0.910. The molecule has 1 aromatic heterocycles. The van der Waals surface area contributed by atoms with Gasteiger partial charge in [-0.25, -0.2) is 9.78 Å². The second-order valence-corrected chi connectivity index (χ2v) is 4.44. The number of hydrogen-bond acceptors (Lipinski definition) is 2. The molecular formula is C12H11Cl2N3O. The molecule has 1 aromatic carbocycles. The van der Waals surface area contributed by atoms with E-state index in [4.69, 9.17) is 23.2 Å². The summed E-state index contributed by atoms with van der Waals surface area (Å²) in [4.78, 5) is 16.1. The Morgan fingerprint density at radius 3 is 2.83 bits per heavy atom. The fourth-order valence-corrected chi connectivity index (χ4v) is 1.84. The van der Waals surface area contributed by atoms with Crippen LogP contribution in [-0.4, -0.2) is 15.6 Å². The van der Waals surface area contributed by atoms with Crippen molar-refractivity contribution in [3.63, 3.8) is 0 Å². The van der Waals surface area contributed by atoms with Gasteiger partial charge in [-0.05, 0) is 18.2 Å². The molecular weight excluding hydrogens is 273 g/mol. The predicted octanol–water partition coefficient (Wildman–Crippen LogP) is 3.83. The number of aromatic nitrogens is 2. The Bertz CT molecular complexity index is 580. The lowest BCUT2D eigenvalue weighted by atomic mass is 10.3. The molecule has 0 radical (unpaired) electrons. The summed E-state index contributed by atoms with van der Waals surface area (Å²) in [6, 6.07) is 4.65. The van der Waals surface area contributed by atoms with Crippen molar-refractivity contribution in [1.29, 1.82) is 0 Å². The van der Waals surface area contributed by atoms with E-state index in [1.54, 1.807) is 30.6 Å². The lowest BCUT2D eigenvalue weighted by Gasteiger charge is -2.08. The molecule has 0 aliphatic carbocycles. The average molecular weight is 284 g/mol. The summed E-state index contributed by atoms with van der Waals surface area (Å²) in [6.07, 6.45) is 3.89. The molecule has 18 heavy (non-hydrogen) atoms. The summed E-state index contributed by atoms with van der Waals surface area (Å²) in [7, 11) is 0. The molecule has 1 heterocycles. The molecule has 0 aliphatic rings. The number of halogens is 2. The third kappa shape index (κ3) is 2.66. The van der Waals surface area contributed by atoms with Gasteiger partial charge in [0.25, 0.3) is 0 Å². The van der Waals surface area contributed by atoms with Crippen LogP contribution in [-0.2, 0) is 6.42 Å². The van der Waals surface area contributed by atoms with Crippen LogP contribution >= 0.6 is 23.2 Å². The molecule has 2 rings (SSSR count). The van der Waals surface area contributed by atoms with Crippen molar-refractivity contribution >= 4 is 34.9 Å². The summed E-state index contributed by atoms with van der Waals surface area (Å²) in [5.41, 5.74) is 0.588. The van der Waals surface area contributed by atoms with Gasteiger partial charge in [0.15, 0.2) is 0 Å². The molecule has 0 atom stereocenters. The Morgan fingerprint density at radius 2 is 2.17 bits per heavy atom. The maximum absolute atomic E-state index is 12.0. The van der Waals surface area contributed by atoms with Crippen LogP contribution in [0.15, 0.2) is 30.6 Å². The molecule has 2 aromatic rings. The van der Waals surface area contributed by atoms with Crippen LogP contribution in [0.3, 0.4) is 0 Å². The van der Waals surface area contributed by atoms with Gasteiger partial charge in [0.2, 0.25) is 0 Å². The van der Waals surface area contributed by atoms with E-state index in [1.807, 2.05) is 6.92 Å². The Kier molecular flexibility index (Phi) is 3.89. The molecule has 0 saturated carbocycles. The van der Waals surface area contributed by atoms with E-state index in [2.05, 4.69) is 10.3 Å². The summed E-state index contributed by atoms with van der Waals surface area (Å²) in [5, 5.41) is 3.58. The molecule has 0 bridgehead atoms. The van der Waals surface area contributed by atoms with Gasteiger partial charge in [0.05, 0.1) is 10.0 Å². The Hall–Kier alpha value is -1.52. The Morgan fingerprint density at radius 1 is 1.39 bits per heavy atom. The minimum Gasteiger partial charge on any atom is -0.307 e. The van der Waals surface area contributed by atoms with Crippen LogP contribution in [0, 0.1) is 0 Å². The monoisotopic (exact) mass is 283 g/mol. The van der Waals surface area contributed by atoms with E-state index >= 15 is 0 Å². The van der Waals surface area contributed by atoms with E-state index in [9.17, 15) is 4.79 Å². The SMILES string of the molecule is CCc1nccn1C(=O)Nc1ccc(Cl)c(Cl)c1. The highest BCUT2D eigenvalue weighted by Gasteiger charge is 2.09. The lowest BCUT2D eigenvalue weighted by Crippen LogP contribution is -2.20. The molecule has 1 amide bonds. The van der Waals surface area contributed by atoms with Crippen LogP contribution in [0.2, 0.25) is 10.0 Å². The first-order valence-corrected chi connectivity index (χ1v) is 6.16. The Balaban J connectivity index is 2.19. The molecule has 1 N–H and O–H groups in total. The fraction of sp³-hybridized carbons (Fsp3) is 0.167. The van der Waals surface area contributed by atoms with E-state index in [0.29, 0.717) is 28.0 Å². The largest absolute Gasteiger partial charge is 0.331 e. The maximum Gasteiger partial charge on any atom is 0.331 e. The number of amides is 1. The minimum absolute atomic E-state index is 0.275. The van der Waals surface area contributed by atoms with E-state index < -0.39 is 0 Å². The number of carbonyl (C=O) groups excluding carboxylic acids is 1. The van der Waals surface area contributed by atoms with Crippen LogP contribution in [0.25, 0.3) is 0 Å². The summed E-state index contributed by atoms with van der Waals surface area (Å²) in [5.74, 6) is 0.701. The molecule has 0 aliphatic heterocycles. The molecule has 0 saturated heterocycles. The third-order valence-electron chi connectivity index (χ3n) is 2.42. The topological polar surface area (TPSA) is 46.9 Å². The fourth-order valence-electron chi connectivity index (χ4n) is 1.54.